The zero-order chi connectivity index (χ0) is 23.6. The molecule has 3 rings (SSSR count). The van der Waals surface area contributed by atoms with Crippen LogP contribution in [0.4, 0.5) is 0 Å². The Morgan fingerprint density at radius 1 is 0.906 bits per heavy atom. The molecular formula is C24H32N2O5S. The summed E-state index contributed by atoms with van der Waals surface area (Å²) >= 11 is 0. The van der Waals surface area contributed by atoms with Crippen molar-refractivity contribution in [2.75, 3.05) is 39.9 Å². The van der Waals surface area contributed by atoms with Crippen LogP contribution in [0, 0.1) is 34.6 Å². The number of methoxy groups -OCH3 is 1. The summed E-state index contributed by atoms with van der Waals surface area (Å²) in [6.07, 6.45) is 0. The monoisotopic (exact) mass is 460 g/mol. The molecule has 32 heavy (non-hydrogen) atoms. The summed E-state index contributed by atoms with van der Waals surface area (Å²) in [5.74, 6) is 0.907. The summed E-state index contributed by atoms with van der Waals surface area (Å²) in [5.41, 5.74) is 4.53. The number of hydrogen-bond donors (Lipinski definition) is 0. The van der Waals surface area contributed by atoms with E-state index >= 15 is 0 Å². The minimum Gasteiger partial charge on any atom is -0.493 e. The van der Waals surface area contributed by atoms with Crippen molar-refractivity contribution in [1.82, 2.24) is 9.21 Å². The predicted molar refractivity (Wildman–Crippen MR) is 124 cm³/mol. The second-order valence-corrected chi connectivity index (χ2v) is 10.2. The van der Waals surface area contributed by atoms with Gasteiger partial charge in [0.15, 0.2) is 18.1 Å². The van der Waals surface area contributed by atoms with Gasteiger partial charge in [-0.2, -0.15) is 4.31 Å². The van der Waals surface area contributed by atoms with Crippen molar-refractivity contribution in [3.8, 4) is 11.5 Å². The standard InChI is InChI=1S/C24H32N2O5S/c1-16-7-8-21(22(13-16)30-6)31-15-23(27)25-9-11-26(12-10-25)32(28,29)24-19(4)17(2)14-18(3)20(24)5/h7-8,13-14H,9-12,15H2,1-6H3. The van der Waals surface area contributed by atoms with E-state index in [0.717, 1.165) is 27.8 Å². The largest absolute Gasteiger partial charge is 0.493 e. The first-order valence-electron chi connectivity index (χ1n) is 10.7. The van der Waals surface area contributed by atoms with Gasteiger partial charge in [-0.25, -0.2) is 8.42 Å². The second kappa shape index (κ2) is 9.50. The molecule has 1 heterocycles. The summed E-state index contributed by atoms with van der Waals surface area (Å²) < 4.78 is 39.3. The number of amides is 1. The fraction of sp³-hybridized carbons (Fsp3) is 0.458. The molecule has 1 amide bonds. The SMILES string of the molecule is COc1cc(C)ccc1OCC(=O)N1CCN(S(=O)(=O)c2c(C)c(C)cc(C)c2C)CC1. The fourth-order valence-electron chi connectivity index (χ4n) is 4.00. The Hall–Kier alpha value is -2.58. The quantitative estimate of drug-likeness (QED) is 0.662. The fourth-order valence-corrected chi connectivity index (χ4v) is 6.00. The first-order chi connectivity index (χ1) is 15.1. The Bertz CT molecular complexity index is 1090. The molecule has 1 fully saturated rings. The van der Waals surface area contributed by atoms with Crippen LogP contribution < -0.4 is 9.47 Å². The highest BCUT2D eigenvalue weighted by Gasteiger charge is 2.33. The van der Waals surface area contributed by atoms with Crippen molar-refractivity contribution in [3.05, 3.63) is 52.1 Å². The Morgan fingerprint density at radius 2 is 1.50 bits per heavy atom. The van der Waals surface area contributed by atoms with Gasteiger partial charge in [-0.1, -0.05) is 12.1 Å². The highest BCUT2D eigenvalue weighted by Crippen LogP contribution is 2.30. The maximum absolute atomic E-state index is 13.4. The molecule has 7 nitrogen and oxygen atoms in total. The van der Waals surface area contributed by atoms with E-state index < -0.39 is 10.0 Å². The average molecular weight is 461 g/mol. The molecule has 0 saturated carbocycles. The second-order valence-electron chi connectivity index (χ2n) is 8.32. The number of sulfonamides is 1. The molecule has 174 valence electrons. The maximum Gasteiger partial charge on any atom is 0.260 e. The highest BCUT2D eigenvalue weighted by molar-refractivity contribution is 7.89. The molecule has 1 saturated heterocycles. The summed E-state index contributed by atoms with van der Waals surface area (Å²) in [6.45, 7) is 10.6. The number of ether oxygens (including phenoxy) is 2. The van der Waals surface area contributed by atoms with Gasteiger partial charge in [0.05, 0.1) is 12.0 Å². The smallest absolute Gasteiger partial charge is 0.260 e. The number of carbonyl (C=O) groups is 1. The van der Waals surface area contributed by atoms with E-state index in [-0.39, 0.29) is 25.6 Å². The first kappa shape index (κ1) is 24.1. The summed E-state index contributed by atoms with van der Waals surface area (Å²) in [4.78, 5) is 14.7. The van der Waals surface area contributed by atoms with Gasteiger partial charge in [0.25, 0.3) is 5.91 Å². The molecule has 0 spiro atoms. The van der Waals surface area contributed by atoms with E-state index in [4.69, 9.17) is 9.47 Å². The van der Waals surface area contributed by atoms with Gasteiger partial charge in [0.2, 0.25) is 10.0 Å². The number of piperazine rings is 1. The third kappa shape index (κ3) is 4.76. The van der Waals surface area contributed by atoms with E-state index in [1.54, 1.807) is 18.1 Å². The average Bonchev–Trinajstić information content (AvgIpc) is 2.76. The van der Waals surface area contributed by atoms with Gasteiger partial charge < -0.3 is 14.4 Å². The Morgan fingerprint density at radius 3 is 2.06 bits per heavy atom. The van der Waals surface area contributed by atoms with Gasteiger partial charge in [0, 0.05) is 26.2 Å². The summed E-state index contributed by atoms with van der Waals surface area (Å²) in [5, 5.41) is 0. The molecule has 2 aromatic rings. The third-order valence-electron chi connectivity index (χ3n) is 6.16. The zero-order valence-electron chi connectivity index (χ0n) is 19.7. The Kier molecular flexibility index (Phi) is 7.15. The van der Waals surface area contributed by atoms with Gasteiger partial charge in [-0.3, -0.25) is 4.79 Å². The minimum absolute atomic E-state index is 0.124. The lowest BCUT2D eigenvalue weighted by Crippen LogP contribution is -2.51. The molecule has 0 aromatic heterocycles. The van der Waals surface area contributed by atoms with Crippen LogP contribution in [0.3, 0.4) is 0 Å². The maximum atomic E-state index is 13.4. The molecule has 0 aliphatic carbocycles. The van der Waals surface area contributed by atoms with E-state index in [1.807, 2.05) is 52.8 Å². The number of hydrogen-bond acceptors (Lipinski definition) is 5. The molecule has 0 radical (unpaired) electrons. The number of benzene rings is 2. The zero-order valence-corrected chi connectivity index (χ0v) is 20.5. The highest BCUT2D eigenvalue weighted by atomic mass is 32.2. The van der Waals surface area contributed by atoms with Gasteiger partial charge in [-0.15, -0.1) is 0 Å². The Balaban J connectivity index is 1.66. The lowest BCUT2D eigenvalue weighted by Gasteiger charge is -2.34. The van der Waals surface area contributed by atoms with E-state index in [2.05, 4.69) is 0 Å². The molecule has 0 unspecified atom stereocenters. The number of rotatable bonds is 6. The van der Waals surface area contributed by atoms with Crippen molar-refractivity contribution in [2.24, 2.45) is 0 Å². The molecule has 0 N–H and O–H groups in total. The van der Waals surface area contributed by atoms with Gasteiger partial charge in [-0.05, 0) is 74.6 Å². The van der Waals surface area contributed by atoms with Crippen LogP contribution in [0.1, 0.15) is 27.8 Å². The van der Waals surface area contributed by atoms with Crippen LogP contribution in [-0.4, -0.2) is 63.4 Å². The molecule has 8 heteroatoms. The van der Waals surface area contributed by atoms with Crippen molar-refractivity contribution in [3.63, 3.8) is 0 Å². The van der Waals surface area contributed by atoms with Crippen molar-refractivity contribution in [1.29, 1.82) is 0 Å². The van der Waals surface area contributed by atoms with Crippen molar-refractivity contribution >= 4 is 15.9 Å². The number of nitrogens with zero attached hydrogens (tertiary/aromatic N) is 2. The van der Waals surface area contributed by atoms with Gasteiger partial charge in [0.1, 0.15) is 0 Å². The first-order valence-corrected chi connectivity index (χ1v) is 12.1. The summed E-state index contributed by atoms with van der Waals surface area (Å²) in [6, 6.07) is 7.53. The molecular weight excluding hydrogens is 428 g/mol. The van der Waals surface area contributed by atoms with Crippen molar-refractivity contribution in [2.45, 2.75) is 39.5 Å². The predicted octanol–water partition coefficient (Wildman–Crippen LogP) is 3.15. The lowest BCUT2D eigenvalue weighted by atomic mass is 10.0. The lowest BCUT2D eigenvalue weighted by molar-refractivity contribution is -0.134. The normalized spacial score (nSPS) is 15.0. The minimum atomic E-state index is -3.64. The van der Waals surface area contributed by atoms with Crippen LogP contribution in [0.5, 0.6) is 11.5 Å². The molecule has 0 atom stereocenters. The van der Waals surface area contributed by atoms with Crippen LogP contribution in [0.2, 0.25) is 0 Å². The molecule has 0 bridgehead atoms. The van der Waals surface area contributed by atoms with Crippen molar-refractivity contribution < 1.29 is 22.7 Å². The molecule has 2 aromatic carbocycles. The molecule has 1 aliphatic heterocycles. The summed E-state index contributed by atoms with van der Waals surface area (Å²) in [7, 11) is -2.08. The number of carbonyl (C=O) groups excluding carboxylic acids is 1. The Labute approximate surface area is 191 Å². The third-order valence-corrected chi connectivity index (χ3v) is 8.33. The molecule has 1 aliphatic rings. The van der Waals surface area contributed by atoms with Crippen LogP contribution in [-0.2, 0) is 14.8 Å². The van der Waals surface area contributed by atoms with Crippen LogP contribution in [0.15, 0.2) is 29.2 Å². The van der Waals surface area contributed by atoms with Crippen LogP contribution in [0.25, 0.3) is 0 Å². The topological polar surface area (TPSA) is 76.2 Å². The van der Waals surface area contributed by atoms with E-state index in [9.17, 15) is 13.2 Å². The van der Waals surface area contributed by atoms with E-state index in [1.165, 1.54) is 4.31 Å². The van der Waals surface area contributed by atoms with E-state index in [0.29, 0.717) is 29.5 Å². The van der Waals surface area contributed by atoms with Crippen LogP contribution >= 0.6 is 0 Å². The number of aryl methyl sites for hydroxylation is 3. The van der Waals surface area contributed by atoms with Gasteiger partial charge >= 0.3 is 0 Å².